The van der Waals surface area contributed by atoms with Crippen molar-refractivity contribution in [2.24, 2.45) is 0 Å². The highest BCUT2D eigenvalue weighted by molar-refractivity contribution is 5.91. The van der Waals surface area contributed by atoms with Crippen molar-refractivity contribution in [3.8, 4) is 0 Å². The fourth-order valence-corrected chi connectivity index (χ4v) is 2.47. The van der Waals surface area contributed by atoms with Crippen LogP contribution in [-0.2, 0) is 6.42 Å². The van der Waals surface area contributed by atoms with Gasteiger partial charge in [-0.1, -0.05) is 43.3 Å². The molecule has 0 N–H and O–H groups in total. The third-order valence-electron chi connectivity index (χ3n) is 3.08. The van der Waals surface area contributed by atoms with E-state index in [1.165, 1.54) is 28.3 Å². The van der Waals surface area contributed by atoms with Gasteiger partial charge in [-0.3, -0.25) is 0 Å². The maximum absolute atomic E-state index is 2.31. The second-order valence-electron chi connectivity index (χ2n) is 3.97. The molecule has 0 heteroatoms. The average molecular weight is 168 g/mol. The van der Waals surface area contributed by atoms with Crippen LogP contribution in [-0.4, -0.2) is 0 Å². The molecule has 13 heavy (non-hydrogen) atoms. The van der Waals surface area contributed by atoms with E-state index < -0.39 is 0 Å². The maximum Gasteiger partial charge on any atom is -0.0117 e. The van der Waals surface area contributed by atoms with E-state index in [0.717, 1.165) is 0 Å². The first-order chi connectivity index (χ1) is 6.36. The Morgan fingerprint density at radius 3 is 2.69 bits per heavy atom. The van der Waals surface area contributed by atoms with Crippen LogP contribution in [0.2, 0.25) is 0 Å². The summed E-state index contributed by atoms with van der Waals surface area (Å²) in [5, 5.41) is 2.91. The van der Waals surface area contributed by atoms with E-state index >= 15 is 0 Å². The van der Waals surface area contributed by atoms with Crippen LogP contribution in [0.3, 0.4) is 0 Å². The third-order valence-corrected chi connectivity index (χ3v) is 3.08. The summed E-state index contributed by atoms with van der Waals surface area (Å²) in [5.74, 6) is 0.709. The van der Waals surface area contributed by atoms with Crippen molar-refractivity contribution in [3.63, 3.8) is 0 Å². The Balaban J connectivity index is 2.51. The topological polar surface area (TPSA) is 0 Å². The molecule has 3 rings (SSSR count). The largest absolute Gasteiger partial charge is 0.0614 e. The van der Waals surface area contributed by atoms with Crippen LogP contribution < -0.4 is 0 Å². The lowest BCUT2D eigenvalue weighted by atomic mass is 10.0. The normalized spacial score (nSPS) is 19.6. The van der Waals surface area contributed by atoms with Crippen LogP contribution >= 0.6 is 0 Å². The van der Waals surface area contributed by atoms with Gasteiger partial charge in [0.1, 0.15) is 0 Å². The Kier molecular flexibility index (Phi) is 1.29. The summed E-state index contributed by atoms with van der Waals surface area (Å²) >= 11 is 0. The molecular weight excluding hydrogens is 156 g/mol. The van der Waals surface area contributed by atoms with Crippen LogP contribution in [0.25, 0.3) is 10.8 Å². The second kappa shape index (κ2) is 2.35. The van der Waals surface area contributed by atoms with Gasteiger partial charge in [0, 0.05) is 0 Å². The smallest absolute Gasteiger partial charge is 0.0117 e. The van der Waals surface area contributed by atoms with Gasteiger partial charge < -0.3 is 0 Å². The van der Waals surface area contributed by atoms with Crippen molar-refractivity contribution in [3.05, 3.63) is 47.5 Å². The lowest BCUT2D eigenvalue weighted by molar-refractivity contribution is 0.798. The van der Waals surface area contributed by atoms with Gasteiger partial charge in [0.25, 0.3) is 0 Å². The van der Waals surface area contributed by atoms with Crippen LogP contribution in [0, 0.1) is 0 Å². The SMILES string of the molecule is CC1Cc2cccc3cccc1c23. The summed E-state index contributed by atoms with van der Waals surface area (Å²) < 4.78 is 0. The lowest BCUT2D eigenvalue weighted by Crippen LogP contribution is -1.86. The summed E-state index contributed by atoms with van der Waals surface area (Å²) in [4.78, 5) is 0. The molecule has 1 aliphatic rings. The van der Waals surface area contributed by atoms with Gasteiger partial charge in [-0.15, -0.1) is 0 Å². The van der Waals surface area contributed by atoms with Crippen molar-refractivity contribution in [1.29, 1.82) is 0 Å². The summed E-state index contributed by atoms with van der Waals surface area (Å²) in [6.07, 6.45) is 1.22. The molecule has 0 aliphatic heterocycles. The van der Waals surface area contributed by atoms with E-state index in [2.05, 4.69) is 43.3 Å². The van der Waals surface area contributed by atoms with Gasteiger partial charge in [0.05, 0.1) is 0 Å². The Bertz CT molecular complexity index is 463. The van der Waals surface area contributed by atoms with Gasteiger partial charge in [0.2, 0.25) is 0 Å². The Morgan fingerprint density at radius 1 is 1.08 bits per heavy atom. The minimum absolute atomic E-state index is 0.709. The molecule has 0 bridgehead atoms. The van der Waals surface area contributed by atoms with Gasteiger partial charge >= 0.3 is 0 Å². The molecule has 1 aliphatic carbocycles. The first-order valence-electron chi connectivity index (χ1n) is 4.87. The van der Waals surface area contributed by atoms with Crippen molar-refractivity contribution >= 4 is 10.8 Å². The molecule has 2 aromatic carbocycles. The summed E-state index contributed by atoms with van der Waals surface area (Å²) in [6, 6.07) is 13.3. The van der Waals surface area contributed by atoms with E-state index in [1.54, 1.807) is 0 Å². The van der Waals surface area contributed by atoms with Crippen molar-refractivity contribution in [2.45, 2.75) is 19.3 Å². The molecule has 1 unspecified atom stereocenters. The Labute approximate surface area is 78.2 Å². The molecule has 0 amide bonds. The quantitative estimate of drug-likeness (QED) is 0.564. The number of rotatable bonds is 0. The fourth-order valence-electron chi connectivity index (χ4n) is 2.47. The van der Waals surface area contributed by atoms with Crippen LogP contribution in [0.15, 0.2) is 36.4 Å². The molecule has 0 saturated heterocycles. The van der Waals surface area contributed by atoms with Crippen molar-refractivity contribution in [2.75, 3.05) is 0 Å². The maximum atomic E-state index is 2.31. The van der Waals surface area contributed by atoms with Crippen molar-refractivity contribution in [1.82, 2.24) is 0 Å². The standard InChI is InChI=1S/C13H12/c1-9-8-11-6-2-4-10-5-3-7-12(9)13(10)11/h2-7,9H,8H2,1H3. The Hall–Kier alpha value is -1.30. The molecule has 0 radical (unpaired) electrons. The zero-order valence-electron chi connectivity index (χ0n) is 7.75. The zero-order chi connectivity index (χ0) is 8.84. The molecule has 0 nitrogen and oxygen atoms in total. The van der Waals surface area contributed by atoms with E-state index in [9.17, 15) is 0 Å². The highest BCUT2D eigenvalue weighted by Gasteiger charge is 2.19. The summed E-state index contributed by atoms with van der Waals surface area (Å²) in [7, 11) is 0. The minimum atomic E-state index is 0.709. The van der Waals surface area contributed by atoms with Gasteiger partial charge in [0.15, 0.2) is 0 Å². The molecule has 0 aromatic heterocycles. The lowest BCUT2D eigenvalue weighted by Gasteiger charge is -2.02. The van der Waals surface area contributed by atoms with Crippen LogP contribution in [0.4, 0.5) is 0 Å². The first-order valence-corrected chi connectivity index (χ1v) is 4.87. The monoisotopic (exact) mass is 168 g/mol. The Morgan fingerprint density at radius 2 is 1.85 bits per heavy atom. The summed E-state index contributed by atoms with van der Waals surface area (Å²) in [6.45, 7) is 2.31. The van der Waals surface area contributed by atoms with Gasteiger partial charge in [-0.2, -0.15) is 0 Å². The van der Waals surface area contributed by atoms with Crippen LogP contribution in [0.1, 0.15) is 24.0 Å². The second-order valence-corrected chi connectivity index (χ2v) is 3.97. The van der Waals surface area contributed by atoms with E-state index in [-0.39, 0.29) is 0 Å². The molecule has 1 atom stereocenters. The van der Waals surface area contributed by atoms with Gasteiger partial charge in [-0.05, 0) is 34.2 Å². The van der Waals surface area contributed by atoms with Crippen LogP contribution in [0.5, 0.6) is 0 Å². The number of hydrogen-bond donors (Lipinski definition) is 0. The zero-order valence-corrected chi connectivity index (χ0v) is 7.75. The van der Waals surface area contributed by atoms with E-state index in [4.69, 9.17) is 0 Å². The summed E-state index contributed by atoms with van der Waals surface area (Å²) in [5.41, 5.74) is 3.06. The molecule has 0 fully saturated rings. The van der Waals surface area contributed by atoms with Gasteiger partial charge in [-0.25, -0.2) is 0 Å². The van der Waals surface area contributed by atoms with E-state index in [0.29, 0.717) is 5.92 Å². The average Bonchev–Trinajstić information content (AvgIpc) is 2.47. The predicted octanol–water partition coefficient (Wildman–Crippen LogP) is 3.50. The third kappa shape index (κ3) is 0.859. The number of hydrogen-bond acceptors (Lipinski definition) is 0. The molecule has 0 saturated carbocycles. The van der Waals surface area contributed by atoms with E-state index in [1.807, 2.05) is 0 Å². The molecule has 2 aromatic rings. The molecule has 64 valence electrons. The highest BCUT2D eigenvalue weighted by atomic mass is 14.2. The molecular formula is C13H12. The highest BCUT2D eigenvalue weighted by Crippen LogP contribution is 2.37. The fraction of sp³-hybridized carbons (Fsp3) is 0.231. The molecule has 0 spiro atoms. The predicted molar refractivity (Wildman–Crippen MR) is 56.1 cm³/mol. The molecule has 0 heterocycles. The minimum Gasteiger partial charge on any atom is -0.0614 e. The van der Waals surface area contributed by atoms with Crippen molar-refractivity contribution < 1.29 is 0 Å². The number of benzene rings is 2. The first kappa shape index (κ1) is 7.14.